The number of nitrogens with one attached hydrogen (secondary N) is 1. The predicted molar refractivity (Wildman–Crippen MR) is 136 cm³/mol. The molecule has 3 fully saturated rings. The summed E-state index contributed by atoms with van der Waals surface area (Å²) in [6, 6.07) is 14.4. The quantitative estimate of drug-likeness (QED) is 0.565. The Kier molecular flexibility index (Phi) is 6.68. The van der Waals surface area contributed by atoms with Crippen LogP contribution >= 0.6 is 0 Å². The van der Waals surface area contributed by atoms with E-state index < -0.39 is 6.23 Å². The van der Waals surface area contributed by atoms with Crippen LogP contribution in [0.4, 0.5) is 10.6 Å². The average molecular weight is 479 g/mol. The summed E-state index contributed by atoms with van der Waals surface area (Å²) < 4.78 is 0. The first-order chi connectivity index (χ1) is 16.9. The summed E-state index contributed by atoms with van der Waals surface area (Å²) in [7, 11) is 4.36. The number of anilines is 1. The summed E-state index contributed by atoms with van der Waals surface area (Å²) in [4.78, 5) is 20.1. The van der Waals surface area contributed by atoms with Gasteiger partial charge in [0, 0.05) is 24.8 Å². The maximum atomic E-state index is 13.7. The first-order valence-corrected chi connectivity index (χ1v) is 12.9. The van der Waals surface area contributed by atoms with Crippen molar-refractivity contribution >= 4 is 11.8 Å². The molecule has 35 heavy (non-hydrogen) atoms. The van der Waals surface area contributed by atoms with Crippen LogP contribution in [-0.2, 0) is 5.54 Å². The Morgan fingerprint density at radius 1 is 1.11 bits per heavy atom. The smallest absolute Gasteiger partial charge is 0.320 e. The minimum Gasteiger partial charge on any atom is -0.372 e. The van der Waals surface area contributed by atoms with Crippen molar-refractivity contribution in [3.63, 3.8) is 0 Å². The van der Waals surface area contributed by atoms with Gasteiger partial charge in [-0.1, -0.05) is 36.8 Å². The van der Waals surface area contributed by atoms with Gasteiger partial charge in [0.1, 0.15) is 6.23 Å². The largest absolute Gasteiger partial charge is 0.372 e. The molecule has 8 nitrogen and oxygen atoms in total. The molecule has 8 heteroatoms. The van der Waals surface area contributed by atoms with Crippen LogP contribution < -0.4 is 5.32 Å². The van der Waals surface area contributed by atoms with Crippen molar-refractivity contribution in [1.29, 1.82) is 0 Å². The van der Waals surface area contributed by atoms with E-state index in [1.807, 2.05) is 4.90 Å². The van der Waals surface area contributed by atoms with Crippen molar-refractivity contribution in [1.82, 2.24) is 24.9 Å². The van der Waals surface area contributed by atoms with E-state index in [1.165, 1.54) is 24.8 Å². The Bertz CT molecular complexity index is 989. The lowest BCUT2D eigenvalue weighted by molar-refractivity contribution is 0.0156. The number of hydrogen-bond acceptors (Lipinski definition) is 6. The lowest BCUT2D eigenvalue weighted by atomic mass is 9.68. The second kappa shape index (κ2) is 9.74. The van der Waals surface area contributed by atoms with Crippen LogP contribution in [0.2, 0.25) is 0 Å². The third kappa shape index (κ3) is 4.61. The minimum atomic E-state index is -0.898. The molecule has 2 amide bonds. The third-order valence-corrected chi connectivity index (χ3v) is 8.68. The van der Waals surface area contributed by atoms with Crippen LogP contribution in [0.5, 0.6) is 0 Å². The van der Waals surface area contributed by atoms with Crippen molar-refractivity contribution < 1.29 is 9.90 Å². The van der Waals surface area contributed by atoms with Gasteiger partial charge in [-0.2, -0.15) is 5.10 Å². The zero-order chi connectivity index (χ0) is 24.5. The van der Waals surface area contributed by atoms with Gasteiger partial charge in [-0.25, -0.2) is 4.79 Å². The fourth-order valence-electron chi connectivity index (χ4n) is 6.33. The summed E-state index contributed by atoms with van der Waals surface area (Å²) in [6.45, 7) is 1.73. The van der Waals surface area contributed by atoms with Gasteiger partial charge in [0.15, 0.2) is 5.82 Å². The molecule has 2 heterocycles. The Morgan fingerprint density at radius 2 is 1.86 bits per heavy atom. The molecule has 188 valence electrons. The van der Waals surface area contributed by atoms with Gasteiger partial charge in [0.2, 0.25) is 0 Å². The number of β-amino-alcohol motifs (C(OH)–C–C–N with tert-alkyl or cyclic N) is 1. The number of urea groups is 1. The average Bonchev–Trinajstić information content (AvgIpc) is 3.08. The Labute approximate surface area is 208 Å². The normalized spacial score (nSPS) is 27.9. The highest BCUT2D eigenvalue weighted by Crippen LogP contribution is 2.49. The van der Waals surface area contributed by atoms with E-state index in [4.69, 9.17) is 0 Å². The molecular weight excluding hydrogens is 440 g/mol. The van der Waals surface area contributed by atoms with Crippen LogP contribution in [0.1, 0.15) is 50.5 Å². The fourth-order valence-corrected chi connectivity index (χ4v) is 6.33. The Balaban J connectivity index is 1.34. The predicted octanol–water partition coefficient (Wildman–Crippen LogP) is 3.51. The molecule has 3 aliphatic rings. The van der Waals surface area contributed by atoms with Gasteiger partial charge in [0.25, 0.3) is 0 Å². The summed E-state index contributed by atoms with van der Waals surface area (Å²) in [6.07, 6.45) is 8.32. The number of amides is 2. The SMILES string of the molecule is CN(C)[C@]1(c2ccccc2)CC[C@]2(CC1)CN(CC(O)Nc1cccnn1)C(=O)N2CC1CCC1. The van der Waals surface area contributed by atoms with Crippen LogP contribution in [0.15, 0.2) is 48.7 Å². The molecule has 1 saturated heterocycles. The molecule has 2 aromatic rings. The maximum absolute atomic E-state index is 13.7. The van der Waals surface area contributed by atoms with Crippen molar-refractivity contribution in [3.05, 3.63) is 54.2 Å². The van der Waals surface area contributed by atoms with E-state index in [1.54, 1.807) is 18.3 Å². The first-order valence-electron chi connectivity index (χ1n) is 12.9. The second-order valence-electron chi connectivity index (χ2n) is 10.9. The highest BCUT2D eigenvalue weighted by molar-refractivity contribution is 5.78. The van der Waals surface area contributed by atoms with Gasteiger partial charge >= 0.3 is 6.03 Å². The molecule has 2 saturated carbocycles. The van der Waals surface area contributed by atoms with E-state index in [0.717, 1.165) is 32.2 Å². The molecule has 1 aromatic heterocycles. The molecule has 0 bridgehead atoms. The van der Waals surface area contributed by atoms with E-state index in [0.29, 0.717) is 18.3 Å². The topological polar surface area (TPSA) is 84.8 Å². The molecule has 1 aliphatic heterocycles. The lowest BCUT2D eigenvalue weighted by Crippen LogP contribution is -2.56. The highest BCUT2D eigenvalue weighted by atomic mass is 16.3. The minimum absolute atomic E-state index is 0.0157. The van der Waals surface area contributed by atoms with Crippen molar-refractivity contribution in [2.45, 2.75) is 62.3 Å². The summed E-state index contributed by atoms with van der Waals surface area (Å²) in [5.41, 5.74) is 1.17. The van der Waals surface area contributed by atoms with Crippen LogP contribution in [0, 0.1) is 5.92 Å². The van der Waals surface area contributed by atoms with Gasteiger partial charge in [-0.3, -0.25) is 4.90 Å². The van der Waals surface area contributed by atoms with E-state index in [2.05, 4.69) is 69.7 Å². The molecule has 2 aliphatic carbocycles. The van der Waals surface area contributed by atoms with Crippen molar-refractivity contribution in [2.75, 3.05) is 39.0 Å². The van der Waals surface area contributed by atoms with E-state index in [9.17, 15) is 9.90 Å². The molecule has 1 unspecified atom stereocenters. The number of carbonyl (C=O) groups excluding carboxylic acids is 1. The van der Waals surface area contributed by atoms with Gasteiger partial charge in [0.05, 0.1) is 12.1 Å². The van der Waals surface area contributed by atoms with Gasteiger partial charge < -0.3 is 20.2 Å². The third-order valence-electron chi connectivity index (χ3n) is 8.68. The maximum Gasteiger partial charge on any atom is 0.320 e. The molecule has 1 spiro atoms. The second-order valence-corrected chi connectivity index (χ2v) is 10.9. The highest BCUT2D eigenvalue weighted by Gasteiger charge is 2.55. The van der Waals surface area contributed by atoms with Crippen molar-refractivity contribution in [2.24, 2.45) is 5.92 Å². The Morgan fingerprint density at radius 3 is 2.46 bits per heavy atom. The molecule has 5 rings (SSSR count). The zero-order valence-corrected chi connectivity index (χ0v) is 20.9. The number of benzene rings is 1. The lowest BCUT2D eigenvalue weighted by Gasteiger charge is -2.51. The van der Waals surface area contributed by atoms with E-state index >= 15 is 0 Å². The number of aliphatic hydroxyl groups excluding tert-OH is 1. The van der Waals surface area contributed by atoms with Gasteiger partial charge in [-0.15, -0.1) is 5.10 Å². The van der Waals surface area contributed by atoms with Crippen LogP contribution in [0.25, 0.3) is 0 Å². The Hall–Kier alpha value is -2.71. The number of aliphatic hydroxyl groups is 1. The molecule has 2 N–H and O–H groups in total. The first kappa shape index (κ1) is 24.0. The molecular formula is C27H38N6O2. The number of nitrogens with zero attached hydrogens (tertiary/aromatic N) is 5. The van der Waals surface area contributed by atoms with Gasteiger partial charge in [-0.05, 0) is 76.2 Å². The summed E-state index contributed by atoms with van der Waals surface area (Å²) >= 11 is 0. The number of carbonyl (C=O) groups is 1. The fraction of sp³-hybridized carbons (Fsp3) is 0.593. The molecule has 1 atom stereocenters. The summed E-state index contributed by atoms with van der Waals surface area (Å²) in [5.74, 6) is 1.11. The standard InChI is InChI=1S/C27H38N6O2/c1-31(2)27(22-10-4-3-5-11-22)15-13-26(14-16-27)20-32(25(35)33(26)18-21-8-6-9-21)19-24(34)29-23-12-7-17-28-30-23/h3-5,7,10-12,17,21,24,34H,6,8-9,13-16,18-20H2,1-2H3,(H,29,30)/t24?,26-,27+. The van der Waals surface area contributed by atoms with Crippen LogP contribution in [-0.4, -0.2) is 81.5 Å². The monoisotopic (exact) mass is 478 g/mol. The molecule has 1 aromatic carbocycles. The van der Waals surface area contributed by atoms with Crippen LogP contribution in [0.3, 0.4) is 0 Å². The number of rotatable bonds is 8. The number of aromatic nitrogens is 2. The molecule has 0 radical (unpaired) electrons. The number of hydrogen-bond donors (Lipinski definition) is 2. The zero-order valence-electron chi connectivity index (χ0n) is 20.9. The van der Waals surface area contributed by atoms with E-state index in [-0.39, 0.29) is 23.7 Å². The summed E-state index contributed by atoms with van der Waals surface area (Å²) in [5, 5.41) is 21.5. The van der Waals surface area contributed by atoms with Crippen molar-refractivity contribution in [3.8, 4) is 0 Å².